The highest BCUT2D eigenvalue weighted by Crippen LogP contribution is 2.34. The molecule has 0 aliphatic carbocycles. The molecule has 168 valence electrons. The molecular weight excluding hydrogens is 428 g/mol. The fourth-order valence-electron chi connectivity index (χ4n) is 3.77. The standard InChI is InChI=1S/C24H32N2O3S2/c1-4-18(2)9-7-8-16-30-20-12-13-23-19(17-20)14-15-26(23)24(27)21-10-5-6-11-22(21)25-31(3,28)29/h5-6,10-13,17-18,25H,4,7-9,14-16H2,1-3H3/t18-/m0/s1. The highest BCUT2D eigenvalue weighted by atomic mass is 32.2. The molecule has 5 nitrogen and oxygen atoms in total. The summed E-state index contributed by atoms with van der Waals surface area (Å²) in [5, 5.41) is 0. The number of benzene rings is 2. The molecule has 1 atom stereocenters. The molecule has 0 radical (unpaired) electrons. The van der Waals surface area contributed by atoms with E-state index in [-0.39, 0.29) is 5.91 Å². The molecule has 1 N–H and O–H groups in total. The molecule has 0 unspecified atom stereocenters. The minimum absolute atomic E-state index is 0.184. The van der Waals surface area contributed by atoms with Gasteiger partial charge in [0.25, 0.3) is 5.91 Å². The van der Waals surface area contributed by atoms with Crippen LogP contribution in [0.5, 0.6) is 0 Å². The maximum atomic E-state index is 13.2. The normalized spacial score (nSPS) is 14.4. The lowest BCUT2D eigenvalue weighted by atomic mass is 10.0. The van der Waals surface area contributed by atoms with Crippen LogP contribution in [0.2, 0.25) is 0 Å². The van der Waals surface area contributed by atoms with Crippen LogP contribution in [-0.2, 0) is 16.4 Å². The average Bonchev–Trinajstić information content (AvgIpc) is 3.15. The van der Waals surface area contributed by atoms with Crippen molar-refractivity contribution in [3.8, 4) is 0 Å². The number of hydrogen-bond donors (Lipinski definition) is 1. The lowest BCUT2D eigenvalue weighted by molar-refractivity contribution is 0.0990. The zero-order valence-corrected chi connectivity index (χ0v) is 20.2. The van der Waals surface area contributed by atoms with Crippen LogP contribution in [0, 0.1) is 5.92 Å². The molecule has 0 spiro atoms. The fraction of sp³-hybridized carbons (Fsp3) is 0.458. The number of hydrogen-bond acceptors (Lipinski definition) is 4. The Balaban J connectivity index is 1.66. The number of fused-ring (bicyclic) bond motifs is 1. The zero-order chi connectivity index (χ0) is 22.4. The molecule has 2 aromatic rings. The molecule has 1 heterocycles. The van der Waals surface area contributed by atoms with Crippen molar-refractivity contribution in [1.82, 2.24) is 0 Å². The number of sulfonamides is 1. The lowest BCUT2D eigenvalue weighted by Gasteiger charge is -2.19. The Hall–Kier alpha value is -1.99. The third-order valence-electron chi connectivity index (χ3n) is 5.70. The van der Waals surface area contributed by atoms with Crippen LogP contribution in [0.3, 0.4) is 0 Å². The summed E-state index contributed by atoms with van der Waals surface area (Å²) in [4.78, 5) is 16.2. The van der Waals surface area contributed by atoms with Crippen molar-refractivity contribution in [1.29, 1.82) is 0 Å². The van der Waals surface area contributed by atoms with Gasteiger partial charge >= 0.3 is 0 Å². The number of rotatable bonds is 10. The third kappa shape index (κ3) is 6.50. The minimum Gasteiger partial charge on any atom is -0.308 e. The van der Waals surface area contributed by atoms with E-state index in [4.69, 9.17) is 0 Å². The van der Waals surface area contributed by atoms with E-state index in [1.165, 1.54) is 36.1 Å². The first kappa shape index (κ1) is 23.7. The van der Waals surface area contributed by atoms with Gasteiger partial charge in [0, 0.05) is 17.1 Å². The van der Waals surface area contributed by atoms with Crippen molar-refractivity contribution in [3.05, 3.63) is 53.6 Å². The summed E-state index contributed by atoms with van der Waals surface area (Å²) in [5.41, 5.74) is 2.76. The van der Waals surface area contributed by atoms with Gasteiger partial charge in [0.15, 0.2) is 0 Å². The van der Waals surface area contributed by atoms with Crippen LogP contribution in [0.4, 0.5) is 11.4 Å². The predicted octanol–water partition coefficient (Wildman–Crippen LogP) is 5.57. The van der Waals surface area contributed by atoms with Crippen LogP contribution in [0.1, 0.15) is 55.5 Å². The summed E-state index contributed by atoms with van der Waals surface area (Å²) in [5.74, 6) is 1.74. The monoisotopic (exact) mass is 460 g/mol. The summed E-state index contributed by atoms with van der Waals surface area (Å²) in [6, 6.07) is 13.1. The second kappa shape index (κ2) is 10.6. The fourth-order valence-corrected chi connectivity index (χ4v) is 5.32. The van der Waals surface area contributed by atoms with E-state index >= 15 is 0 Å². The Morgan fingerprint density at radius 1 is 1.19 bits per heavy atom. The number of thioether (sulfide) groups is 1. The molecule has 0 saturated heterocycles. The summed E-state index contributed by atoms with van der Waals surface area (Å²) in [7, 11) is -3.47. The smallest absolute Gasteiger partial charge is 0.260 e. The van der Waals surface area contributed by atoms with Crippen LogP contribution >= 0.6 is 11.8 Å². The van der Waals surface area contributed by atoms with Crippen molar-refractivity contribution in [3.63, 3.8) is 0 Å². The lowest BCUT2D eigenvalue weighted by Crippen LogP contribution is -2.30. The van der Waals surface area contributed by atoms with Gasteiger partial charge in [-0.2, -0.15) is 0 Å². The summed E-state index contributed by atoms with van der Waals surface area (Å²) in [6.45, 7) is 5.17. The highest BCUT2D eigenvalue weighted by molar-refractivity contribution is 7.99. The number of amides is 1. The van der Waals surface area contributed by atoms with Crippen molar-refractivity contribution in [2.45, 2.75) is 50.8 Å². The number of carbonyl (C=O) groups is 1. The first-order valence-corrected chi connectivity index (χ1v) is 13.8. The van der Waals surface area contributed by atoms with Gasteiger partial charge in [-0.15, -0.1) is 11.8 Å². The summed E-state index contributed by atoms with van der Waals surface area (Å²) >= 11 is 1.88. The van der Waals surface area contributed by atoms with Gasteiger partial charge in [-0.25, -0.2) is 8.42 Å². The molecule has 7 heteroatoms. The summed E-state index contributed by atoms with van der Waals surface area (Å²) in [6.07, 6.45) is 6.95. The van der Waals surface area contributed by atoms with E-state index in [0.29, 0.717) is 17.8 Å². The molecule has 2 aromatic carbocycles. The summed E-state index contributed by atoms with van der Waals surface area (Å²) < 4.78 is 25.8. The molecule has 0 aromatic heterocycles. The first-order chi connectivity index (χ1) is 14.8. The van der Waals surface area contributed by atoms with Crippen LogP contribution in [0.25, 0.3) is 0 Å². The van der Waals surface area contributed by atoms with E-state index in [1.54, 1.807) is 29.2 Å². The first-order valence-electron chi connectivity index (χ1n) is 10.9. The Kier molecular flexibility index (Phi) is 8.06. The Morgan fingerprint density at radius 2 is 1.97 bits per heavy atom. The van der Waals surface area contributed by atoms with Crippen molar-refractivity contribution in [2.75, 3.05) is 28.2 Å². The maximum Gasteiger partial charge on any atom is 0.260 e. The molecular formula is C24H32N2O3S2. The molecule has 1 aliphatic heterocycles. The highest BCUT2D eigenvalue weighted by Gasteiger charge is 2.27. The molecule has 31 heavy (non-hydrogen) atoms. The molecule has 1 aliphatic rings. The maximum absolute atomic E-state index is 13.2. The molecule has 1 amide bonds. The Labute approximate surface area is 190 Å². The predicted molar refractivity (Wildman–Crippen MR) is 131 cm³/mol. The third-order valence-corrected chi connectivity index (χ3v) is 7.37. The number of para-hydroxylation sites is 1. The SMILES string of the molecule is CC[C@H](C)CCCCSc1ccc2c(c1)CCN2C(=O)c1ccccc1NS(C)(=O)=O. The number of nitrogens with one attached hydrogen (secondary N) is 1. The van der Waals surface area contributed by atoms with Gasteiger partial charge in [-0.05, 0) is 60.4 Å². The molecule has 0 fully saturated rings. The van der Waals surface area contributed by atoms with Gasteiger partial charge in [-0.3, -0.25) is 9.52 Å². The van der Waals surface area contributed by atoms with Gasteiger partial charge in [-0.1, -0.05) is 45.2 Å². The topological polar surface area (TPSA) is 66.5 Å². The minimum atomic E-state index is -3.47. The average molecular weight is 461 g/mol. The second-order valence-corrected chi connectivity index (χ2v) is 11.2. The van der Waals surface area contributed by atoms with Crippen molar-refractivity contribution >= 4 is 39.1 Å². The number of unbranched alkanes of at least 4 members (excludes halogenated alkanes) is 1. The van der Waals surface area contributed by atoms with E-state index in [9.17, 15) is 13.2 Å². The van der Waals surface area contributed by atoms with Gasteiger partial charge in [0.1, 0.15) is 0 Å². The van der Waals surface area contributed by atoms with E-state index in [0.717, 1.165) is 30.0 Å². The van der Waals surface area contributed by atoms with Crippen LogP contribution in [-0.4, -0.2) is 32.9 Å². The Morgan fingerprint density at radius 3 is 2.71 bits per heavy atom. The van der Waals surface area contributed by atoms with Gasteiger partial charge in [0.05, 0.1) is 17.5 Å². The zero-order valence-electron chi connectivity index (χ0n) is 18.6. The largest absolute Gasteiger partial charge is 0.308 e. The van der Waals surface area contributed by atoms with Crippen molar-refractivity contribution in [2.24, 2.45) is 5.92 Å². The van der Waals surface area contributed by atoms with E-state index < -0.39 is 10.0 Å². The van der Waals surface area contributed by atoms with Crippen LogP contribution in [0.15, 0.2) is 47.4 Å². The quantitative estimate of drug-likeness (QED) is 0.372. The molecule has 0 bridgehead atoms. The Bertz CT molecular complexity index is 1020. The van der Waals surface area contributed by atoms with Crippen LogP contribution < -0.4 is 9.62 Å². The van der Waals surface area contributed by atoms with E-state index in [1.807, 2.05) is 17.8 Å². The van der Waals surface area contributed by atoms with E-state index in [2.05, 4.69) is 30.7 Å². The molecule has 0 saturated carbocycles. The second-order valence-electron chi connectivity index (χ2n) is 8.27. The number of carbonyl (C=O) groups excluding carboxylic acids is 1. The van der Waals surface area contributed by atoms with Gasteiger partial charge in [0.2, 0.25) is 10.0 Å². The van der Waals surface area contributed by atoms with Crippen molar-refractivity contribution < 1.29 is 13.2 Å². The number of nitrogens with zero attached hydrogens (tertiary/aromatic N) is 1. The molecule has 3 rings (SSSR count). The number of anilines is 2. The van der Waals surface area contributed by atoms with Gasteiger partial charge < -0.3 is 4.90 Å².